The van der Waals surface area contributed by atoms with Crippen LogP contribution in [-0.2, 0) is 14.3 Å². The van der Waals surface area contributed by atoms with Crippen LogP contribution in [0.25, 0.3) is 6.08 Å². The molecule has 152 valence electrons. The topological polar surface area (TPSA) is 111 Å². The molecule has 0 aliphatic carbocycles. The molecule has 1 aliphatic heterocycles. The number of methoxy groups -OCH3 is 1. The van der Waals surface area contributed by atoms with Crippen molar-refractivity contribution in [1.29, 1.82) is 0 Å². The molecule has 28 heavy (non-hydrogen) atoms. The van der Waals surface area contributed by atoms with Gasteiger partial charge in [-0.1, -0.05) is 6.07 Å². The van der Waals surface area contributed by atoms with Crippen LogP contribution in [-0.4, -0.2) is 53.7 Å². The number of hydrogen-bond acceptors (Lipinski definition) is 7. The molecule has 0 bridgehead atoms. The molecule has 0 saturated carbocycles. The van der Waals surface area contributed by atoms with Gasteiger partial charge >= 0.3 is 12.1 Å². The number of nitrogens with zero attached hydrogens (tertiary/aromatic N) is 2. The van der Waals surface area contributed by atoms with Gasteiger partial charge in [0.25, 0.3) is 5.69 Å². The Morgan fingerprint density at radius 1 is 1.36 bits per heavy atom. The molecule has 1 aliphatic rings. The summed E-state index contributed by atoms with van der Waals surface area (Å²) in [6.07, 6.45) is 2.90. The van der Waals surface area contributed by atoms with E-state index in [2.05, 4.69) is 10.1 Å². The maximum absolute atomic E-state index is 12.2. The van der Waals surface area contributed by atoms with Crippen molar-refractivity contribution in [3.05, 3.63) is 40.0 Å². The minimum atomic E-state index is -0.574. The number of amides is 1. The first-order valence-electron chi connectivity index (χ1n) is 8.88. The van der Waals surface area contributed by atoms with Crippen molar-refractivity contribution < 1.29 is 24.0 Å². The Morgan fingerprint density at radius 3 is 2.68 bits per heavy atom. The van der Waals surface area contributed by atoms with Crippen LogP contribution in [0.2, 0.25) is 0 Å². The third-order valence-corrected chi connectivity index (χ3v) is 4.03. The van der Waals surface area contributed by atoms with Gasteiger partial charge in [0.15, 0.2) is 0 Å². The van der Waals surface area contributed by atoms with E-state index >= 15 is 0 Å². The molecule has 1 aromatic carbocycles. The number of rotatable bonds is 5. The Bertz CT molecular complexity index is 784. The summed E-state index contributed by atoms with van der Waals surface area (Å²) < 4.78 is 9.87. The molecule has 9 heteroatoms. The van der Waals surface area contributed by atoms with Gasteiger partial charge in [-0.05, 0) is 44.9 Å². The summed E-state index contributed by atoms with van der Waals surface area (Å²) in [5.41, 5.74) is 0.179. The van der Waals surface area contributed by atoms with Crippen molar-refractivity contribution in [3.63, 3.8) is 0 Å². The molecule has 0 aromatic heterocycles. The molecule has 0 radical (unpaired) electrons. The lowest BCUT2D eigenvalue weighted by Gasteiger charge is -2.24. The van der Waals surface area contributed by atoms with Crippen molar-refractivity contribution in [2.75, 3.05) is 25.5 Å². The van der Waals surface area contributed by atoms with Crippen LogP contribution < -0.4 is 5.32 Å². The standard InChI is InChI=1S/C19H25N3O6/c1-19(2,3)28-18(24)21-10-9-14(12-21)20-15-7-5-13(6-8-17(23)27-4)11-16(15)22(25)26/h5-8,11,14,20H,9-10,12H2,1-4H3/b8-6+. The smallest absolute Gasteiger partial charge is 0.410 e. The normalized spacial score (nSPS) is 16.9. The predicted molar refractivity (Wildman–Crippen MR) is 104 cm³/mol. The zero-order valence-corrected chi connectivity index (χ0v) is 16.4. The molecule has 1 fully saturated rings. The maximum atomic E-state index is 12.2. The number of likely N-dealkylation sites (tertiary alicyclic amines) is 1. The number of nitrogens with one attached hydrogen (secondary N) is 1. The number of nitro groups is 1. The third kappa shape index (κ3) is 5.97. The highest BCUT2D eigenvalue weighted by Crippen LogP contribution is 2.28. The van der Waals surface area contributed by atoms with Gasteiger partial charge in [-0.3, -0.25) is 10.1 Å². The molecule has 1 saturated heterocycles. The van der Waals surface area contributed by atoms with Crippen molar-refractivity contribution in [1.82, 2.24) is 4.90 Å². The predicted octanol–water partition coefficient (Wildman–Crippen LogP) is 3.20. The SMILES string of the molecule is COC(=O)/C=C/c1ccc(NC2CCN(C(=O)OC(C)(C)C)C2)c([N+](=O)[O-])c1. The summed E-state index contributed by atoms with van der Waals surface area (Å²) in [6, 6.07) is 4.51. The Morgan fingerprint density at radius 2 is 2.07 bits per heavy atom. The quantitative estimate of drug-likeness (QED) is 0.355. The number of nitro benzene ring substituents is 1. The molecule has 1 unspecified atom stereocenters. The number of hydrogen-bond donors (Lipinski definition) is 1. The van der Waals surface area contributed by atoms with E-state index in [9.17, 15) is 19.7 Å². The van der Waals surface area contributed by atoms with Crippen LogP contribution >= 0.6 is 0 Å². The van der Waals surface area contributed by atoms with Crippen LogP contribution in [0.15, 0.2) is 24.3 Å². The average Bonchev–Trinajstić information content (AvgIpc) is 3.07. The summed E-state index contributed by atoms with van der Waals surface area (Å²) in [7, 11) is 1.25. The number of esters is 1. The van der Waals surface area contributed by atoms with Gasteiger partial charge in [-0.2, -0.15) is 0 Å². The summed E-state index contributed by atoms with van der Waals surface area (Å²) in [6.45, 7) is 6.32. The minimum Gasteiger partial charge on any atom is -0.466 e. The van der Waals surface area contributed by atoms with E-state index in [1.54, 1.807) is 37.8 Å². The summed E-state index contributed by atoms with van der Waals surface area (Å²) in [5, 5.41) is 14.6. The molecule has 0 spiro atoms. The van der Waals surface area contributed by atoms with Crippen molar-refractivity contribution in [2.24, 2.45) is 0 Å². The van der Waals surface area contributed by atoms with E-state index in [0.29, 0.717) is 30.8 Å². The number of benzene rings is 1. The average molecular weight is 391 g/mol. The lowest BCUT2D eigenvalue weighted by atomic mass is 10.1. The third-order valence-electron chi connectivity index (χ3n) is 4.03. The van der Waals surface area contributed by atoms with Gasteiger partial charge in [-0.15, -0.1) is 0 Å². The number of ether oxygens (including phenoxy) is 2. The maximum Gasteiger partial charge on any atom is 0.410 e. The van der Waals surface area contributed by atoms with Crippen molar-refractivity contribution in [3.8, 4) is 0 Å². The largest absolute Gasteiger partial charge is 0.466 e. The highest BCUT2D eigenvalue weighted by molar-refractivity contribution is 5.87. The monoisotopic (exact) mass is 391 g/mol. The molecular weight excluding hydrogens is 366 g/mol. The highest BCUT2D eigenvalue weighted by atomic mass is 16.6. The second kappa shape index (κ2) is 8.73. The summed E-state index contributed by atoms with van der Waals surface area (Å²) in [5.74, 6) is -0.543. The minimum absolute atomic E-state index is 0.109. The van der Waals surface area contributed by atoms with Crippen molar-refractivity contribution in [2.45, 2.75) is 38.8 Å². The Kier molecular flexibility index (Phi) is 6.61. The first-order valence-corrected chi connectivity index (χ1v) is 8.88. The van der Waals surface area contributed by atoms with Crippen LogP contribution in [0.4, 0.5) is 16.2 Å². The van der Waals surface area contributed by atoms with E-state index in [4.69, 9.17) is 4.74 Å². The molecule has 1 atom stereocenters. The summed E-state index contributed by atoms with van der Waals surface area (Å²) >= 11 is 0. The first kappa shape index (κ1) is 21.2. The van der Waals surface area contributed by atoms with Gasteiger partial charge in [0.1, 0.15) is 11.3 Å². The molecule has 2 rings (SSSR count). The fraction of sp³-hybridized carbons (Fsp3) is 0.474. The fourth-order valence-corrected chi connectivity index (χ4v) is 2.75. The zero-order valence-electron chi connectivity index (χ0n) is 16.4. The first-order chi connectivity index (χ1) is 13.1. The van der Waals surface area contributed by atoms with Crippen LogP contribution in [0.1, 0.15) is 32.8 Å². The lowest BCUT2D eigenvalue weighted by molar-refractivity contribution is -0.384. The summed E-state index contributed by atoms with van der Waals surface area (Å²) in [4.78, 5) is 35.9. The van der Waals surface area contributed by atoms with Gasteiger partial charge < -0.3 is 19.7 Å². The van der Waals surface area contributed by atoms with Gasteiger partial charge in [0.05, 0.1) is 12.0 Å². The Balaban J connectivity index is 2.07. The second-order valence-corrected chi connectivity index (χ2v) is 7.45. The Labute approximate surface area is 163 Å². The van der Waals surface area contributed by atoms with Crippen LogP contribution in [0.3, 0.4) is 0 Å². The molecular formula is C19H25N3O6. The lowest BCUT2D eigenvalue weighted by Crippen LogP contribution is -2.36. The highest BCUT2D eigenvalue weighted by Gasteiger charge is 2.30. The van der Waals surface area contributed by atoms with E-state index < -0.39 is 22.6 Å². The molecule has 1 heterocycles. The van der Waals surface area contributed by atoms with E-state index in [1.807, 2.05) is 0 Å². The van der Waals surface area contributed by atoms with E-state index in [0.717, 1.165) is 0 Å². The van der Waals surface area contributed by atoms with Gasteiger partial charge in [0, 0.05) is 31.3 Å². The van der Waals surface area contributed by atoms with E-state index in [1.165, 1.54) is 25.3 Å². The van der Waals surface area contributed by atoms with Crippen LogP contribution in [0.5, 0.6) is 0 Å². The van der Waals surface area contributed by atoms with Gasteiger partial charge in [-0.25, -0.2) is 9.59 Å². The number of carbonyl (C=O) groups excluding carboxylic acids is 2. The molecule has 1 amide bonds. The fourth-order valence-electron chi connectivity index (χ4n) is 2.75. The second-order valence-electron chi connectivity index (χ2n) is 7.45. The number of carbonyl (C=O) groups is 2. The molecule has 1 N–H and O–H groups in total. The zero-order chi connectivity index (χ0) is 20.9. The van der Waals surface area contributed by atoms with Crippen LogP contribution in [0, 0.1) is 10.1 Å². The Hall–Kier alpha value is -3.10. The van der Waals surface area contributed by atoms with Gasteiger partial charge in [0.2, 0.25) is 0 Å². The number of anilines is 1. The molecule has 9 nitrogen and oxygen atoms in total. The van der Waals surface area contributed by atoms with E-state index in [-0.39, 0.29) is 11.7 Å². The molecule has 1 aromatic rings. The van der Waals surface area contributed by atoms with Crippen molar-refractivity contribution >= 4 is 29.5 Å².